The molecule has 2 atom stereocenters. The van der Waals surface area contributed by atoms with Gasteiger partial charge in [-0.1, -0.05) is 36.4 Å². The lowest BCUT2D eigenvalue weighted by molar-refractivity contribution is -0.133. The summed E-state index contributed by atoms with van der Waals surface area (Å²) in [7, 11) is 0. The van der Waals surface area contributed by atoms with E-state index in [1.165, 1.54) is 0 Å². The van der Waals surface area contributed by atoms with E-state index in [1.54, 1.807) is 55.5 Å². The summed E-state index contributed by atoms with van der Waals surface area (Å²) >= 11 is 0. The van der Waals surface area contributed by atoms with Gasteiger partial charge in [0, 0.05) is 0 Å². The zero-order valence-corrected chi connectivity index (χ0v) is 13.3. The van der Waals surface area contributed by atoms with Crippen LogP contribution in [0.25, 0.3) is 0 Å². The molecule has 2 aromatic carbocycles. The number of aliphatic hydroxyl groups is 3. The summed E-state index contributed by atoms with van der Waals surface area (Å²) in [6.45, 7) is 1.29. The number of aryl methyl sites for hydroxylation is 1. The lowest BCUT2D eigenvalue weighted by Gasteiger charge is -2.26. The van der Waals surface area contributed by atoms with Gasteiger partial charge in [-0.3, -0.25) is 4.79 Å². The van der Waals surface area contributed by atoms with E-state index in [-0.39, 0.29) is 6.61 Å². The highest BCUT2D eigenvalue weighted by molar-refractivity contribution is 5.88. The Balaban J connectivity index is 2.36. The summed E-state index contributed by atoms with van der Waals surface area (Å²) in [4.78, 5) is 12.0. The van der Waals surface area contributed by atoms with Crippen molar-refractivity contribution < 1.29 is 24.9 Å². The van der Waals surface area contributed by atoms with E-state index in [2.05, 4.69) is 0 Å². The van der Waals surface area contributed by atoms with Crippen molar-refractivity contribution in [2.45, 2.75) is 18.6 Å². The second-order valence-corrected chi connectivity index (χ2v) is 5.57. The molecule has 6 nitrogen and oxygen atoms in total. The fourth-order valence-corrected chi connectivity index (χ4v) is 2.41. The standard InChI is InChI=1S/C18H21NO5/c1-12-9-14(7-8-16(12)24-11-15(21)10-20)18(23,17(19)22)13-5-3-2-4-6-13/h2-9,15,20-21,23H,10-11H2,1H3,(H2,19,22)/t15-,18?/m1/s1. The lowest BCUT2D eigenvalue weighted by atomic mass is 9.85. The molecule has 24 heavy (non-hydrogen) atoms. The van der Waals surface area contributed by atoms with Gasteiger partial charge < -0.3 is 25.8 Å². The number of carbonyl (C=O) groups is 1. The van der Waals surface area contributed by atoms with Crippen LogP contribution in [0, 0.1) is 6.92 Å². The van der Waals surface area contributed by atoms with Gasteiger partial charge in [0.2, 0.25) is 0 Å². The molecule has 0 saturated heterocycles. The fraction of sp³-hybridized carbons (Fsp3) is 0.278. The van der Waals surface area contributed by atoms with Crippen molar-refractivity contribution in [3.63, 3.8) is 0 Å². The van der Waals surface area contributed by atoms with E-state index in [1.807, 2.05) is 0 Å². The predicted octanol–water partition coefficient (Wildman–Crippen LogP) is 0.448. The molecule has 0 aliphatic heterocycles. The number of primary amides is 1. The highest BCUT2D eigenvalue weighted by atomic mass is 16.5. The molecule has 0 aliphatic rings. The molecule has 0 aliphatic carbocycles. The second kappa shape index (κ2) is 7.44. The van der Waals surface area contributed by atoms with Gasteiger partial charge >= 0.3 is 0 Å². The molecule has 0 spiro atoms. The number of rotatable bonds is 7. The molecule has 2 aromatic rings. The molecule has 0 heterocycles. The third-order valence-corrected chi connectivity index (χ3v) is 3.78. The average molecular weight is 331 g/mol. The molecule has 0 aromatic heterocycles. The largest absolute Gasteiger partial charge is 0.491 e. The van der Waals surface area contributed by atoms with Crippen LogP contribution in [0.4, 0.5) is 0 Å². The van der Waals surface area contributed by atoms with Gasteiger partial charge in [0.15, 0.2) is 5.60 Å². The predicted molar refractivity (Wildman–Crippen MR) is 88.4 cm³/mol. The maximum atomic E-state index is 12.0. The maximum absolute atomic E-state index is 12.0. The third kappa shape index (κ3) is 3.56. The molecule has 0 bridgehead atoms. The number of hydrogen-bond donors (Lipinski definition) is 4. The van der Waals surface area contributed by atoms with Crippen LogP contribution in [0.5, 0.6) is 5.75 Å². The summed E-state index contributed by atoms with van der Waals surface area (Å²) in [6.07, 6.45) is -0.976. The molecular formula is C18H21NO5. The van der Waals surface area contributed by atoms with Crippen LogP contribution in [-0.4, -0.2) is 40.5 Å². The normalized spacial score (nSPS) is 14.7. The molecule has 5 N–H and O–H groups in total. The Kier molecular flexibility index (Phi) is 5.56. The molecule has 1 unspecified atom stereocenters. The number of amides is 1. The van der Waals surface area contributed by atoms with Gasteiger partial charge in [-0.2, -0.15) is 0 Å². The zero-order valence-electron chi connectivity index (χ0n) is 13.3. The van der Waals surface area contributed by atoms with Crippen molar-refractivity contribution in [2.24, 2.45) is 5.73 Å². The number of hydrogen-bond acceptors (Lipinski definition) is 5. The summed E-state index contributed by atoms with van der Waals surface area (Å²) in [5.74, 6) is -0.399. The number of nitrogens with two attached hydrogens (primary N) is 1. The minimum Gasteiger partial charge on any atom is -0.491 e. The van der Waals surface area contributed by atoms with Crippen LogP contribution in [0.3, 0.4) is 0 Å². The molecule has 0 radical (unpaired) electrons. The van der Waals surface area contributed by atoms with Crippen LogP contribution in [0.15, 0.2) is 48.5 Å². The topological polar surface area (TPSA) is 113 Å². The van der Waals surface area contributed by atoms with Crippen molar-refractivity contribution in [2.75, 3.05) is 13.2 Å². The Morgan fingerprint density at radius 2 is 1.88 bits per heavy atom. The Morgan fingerprint density at radius 1 is 1.21 bits per heavy atom. The summed E-state index contributed by atoms with van der Waals surface area (Å²) in [6, 6.07) is 13.2. The Hall–Kier alpha value is -2.41. The first-order valence-electron chi connectivity index (χ1n) is 7.50. The van der Waals surface area contributed by atoms with Gasteiger partial charge in [-0.25, -0.2) is 0 Å². The molecule has 1 amide bonds. The van der Waals surface area contributed by atoms with Crippen LogP contribution in [-0.2, 0) is 10.4 Å². The Labute approximate surface area is 140 Å². The summed E-state index contributed by atoms with van der Waals surface area (Å²) in [5, 5.41) is 29.1. The maximum Gasteiger partial charge on any atom is 0.258 e. The average Bonchev–Trinajstić information content (AvgIpc) is 2.60. The first-order chi connectivity index (χ1) is 11.4. The van der Waals surface area contributed by atoms with Crippen molar-refractivity contribution >= 4 is 5.91 Å². The van der Waals surface area contributed by atoms with Gasteiger partial charge in [0.25, 0.3) is 5.91 Å². The van der Waals surface area contributed by atoms with E-state index in [4.69, 9.17) is 15.6 Å². The van der Waals surface area contributed by atoms with Crippen molar-refractivity contribution in [3.8, 4) is 5.75 Å². The molecule has 128 valence electrons. The second-order valence-electron chi connectivity index (χ2n) is 5.57. The number of benzene rings is 2. The number of carbonyl (C=O) groups excluding carboxylic acids is 1. The summed E-state index contributed by atoms with van der Waals surface area (Å²) < 4.78 is 5.42. The zero-order chi connectivity index (χ0) is 17.7. The molecule has 6 heteroatoms. The highest BCUT2D eigenvalue weighted by Gasteiger charge is 2.38. The SMILES string of the molecule is Cc1cc(C(O)(C(N)=O)c2ccccc2)ccc1OC[C@H](O)CO. The molecule has 0 fully saturated rings. The van der Waals surface area contributed by atoms with E-state index >= 15 is 0 Å². The quantitative estimate of drug-likeness (QED) is 0.588. The Morgan fingerprint density at radius 3 is 2.42 bits per heavy atom. The van der Waals surface area contributed by atoms with E-state index in [0.717, 1.165) is 0 Å². The summed E-state index contributed by atoms with van der Waals surface area (Å²) in [5.41, 5.74) is 4.87. The van der Waals surface area contributed by atoms with Gasteiger partial charge in [-0.15, -0.1) is 0 Å². The van der Waals surface area contributed by atoms with Gasteiger partial charge in [0.1, 0.15) is 18.5 Å². The molecule has 0 saturated carbocycles. The van der Waals surface area contributed by atoms with Crippen molar-refractivity contribution in [1.82, 2.24) is 0 Å². The van der Waals surface area contributed by atoms with E-state index in [0.29, 0.717) is 22.4 Å². The van der Waals surface area contributed by atoms with Gasteiger partial charge in [-0.05, 0) is 35.7 Å². The number of ether oxygens (including phenoxy) is 1. The first kappa shape index (κ1) is 17.9. The van der Waals surface area contributed by atoms with Crippen LogP contribution >= 0.6 is 0 Å². The third-order valence-electron chi connectivity index (χ3n) is 3.78. The number of aliphatic hydroxyl groups excluding tert-OH is 2. The highest BCUT2D eigenvalue weighted by Crippen LogP contribution is 2.32. The smallest absolute Gasteiger partial charge is 0.258 e. The first-order valence-corrected chi connectivity index (χ1v) is 7.50. The van der Waals surface area contributed by atoms with Crippen molar-refractivity contribution in [1.29, 1.82) is 0 Å². The monoisotopic (exact) mass is 331 g/mol. The van der Waals surface area contributed by atoms with E-state index < -0.39 is 24.2 Å². The van der Waals surface area contributed by atoms with Crippen molar-refractivity contribution in [3.05, 3.63) is 65.2 Å². The Bertz CT molecular complexity index is 704. The lowest BCUT2D eigenvalue weighted by Crippen LogP contribution is -2.42. The van der Waals surface area contributed by atoms with Gasteiger partial charge in [0.05, 0.1) is 6.61 Å². The molecule has 2 rings (SSSR count). The van der Waals surface area contributed by atoms with Crippen LogP contribution in [0.1, 0.15) is 16.7 Å². The van der Waals surface area contributed by atoms with Crippen LogP contribution in [0.2, 0.25) is 0 Å². The van der Waals surface area contributed by atoms with E-state index in [9.17, 15) is 15.0 Å². The minimum absolute atomic E-state index is 0.0601. The van der Waals surface area contributed by atoms with Crippen LogP contribution < -0.4 is 10.5 Å². The fourth-order valence-electron chi connectivity index (χ4n) is 2.41. The minimum atomic E-state index is -1.95. The molecular weight excluding hydrogens is 310 g/mol.